The smallest absolute Gasteiger partial charge is 0.167 e. The Bertz CT molecular complexity index is 329. The second-order valence-corrected chi connectivity index (χ2v) is 11.8. The lowest BCUT2D eigenvalue weighted by atomic mass is 10.2. The lowest BCUT2D eigenvalue weighted by molar-refractivity contribution is -0.326. The molecular formula is C16H28O4S5. The van der Waals surface area contributed by atoms with E-state index in [1.165, 1.54) is 34.5 Å². The van der Waals surface area contributed by atoms with E-state index in [-0.39, 0.29) is 24.8 Å². The van der Waals surface area contributed by atoms with Gasteiger partial charge in [-0.25, -0.2) is 0 Å². The zero-order valence-corrected chi connectivity index (χ0v) is 18.6. The molecule has 0 amide bonds. The van der Waals surface area contributed by atoms with Gasteiger partial charge in [0.15, 0.2) is 12.6 Å². The van der Waals surface area contributed by atoms with Crippen LogP contribution >= 0.6 is 58.8 Å². The molecule has 4 aliphatic heterocycles. The lowest BCUT2D eigenvalue weighted by Gasteiger charge is -2.41. The molecule has 4 rings (SSSR count). The van der Waals surface area contributed by atoms with Crippen LogP contribution in [0.4, 0.5) is 0 Å². The molecule has 0 aromatic heterocycles. The van der Waals surface area contributed by atoms with Gasteiger partial charge in [0, 0.05) is 57.5 Å². The molecule has 4 aliphatic rings. The number of rotatable bonds is 0. The van der Waals surface area contributed by atoms with Crippen molar-refractivity contribution in [3.63, 3.8) is 0 Å². The Morgan fingerprint density at radius 3 is 1.24 bits per heavy atom. The van der Waals surface area contributed by atoms with Gasteiger partial charge < -0.3 is 18.9 Å². The maximum Gasteiger partial charge on any atom is 0.167 e. The molecule has 0 N–H and O–H groups in total. The first-order valence-corrected chi connectivity index (χ1v) is 14.6. The highest BCUT2D eigenvalue weighted by atomic mass is 32.2. The van der Waals surface area contributed by atoms with E-state index in [0.29, 0.717) is 13.2 Å². The molecule has 0 aromatic rings. The van der Waals surface area contributed by atoms with Crippen molar-refractivity contribution >= 4 is 58.8 Å². The summed E-state index contributed by atoms with van der Waals surface area (Å²) in [6, 6.07) is 0. The fraction of sp³-hybridized carbons (Fsp3) is 1.00. The van der Waals surface area contributed by atoms with Crippen molar-refractivity contribution in [1.82, 2.24) is 0 Å². The maximum atomic E-state index is 6.02. The Morgan fingerprint density at radius 1 is 0.480 bits per heavy atom. The SMILES string of the molecule is C1CSCCSC[C@H]2OC[C@H]3O[C@@H](CSCCSCCS1)OC[C@H]3O2. The average Bonchev–Trinajstić information content (AvgIpc) is 2.64. The molecule has 0 aliphatic carbocycles. The zero-order valence-electron chi connectivity index (χ0n) is 14.5. The van der Waals surface area contributed by atoms with Crippen LogP contribution in [-0.2, 0) is 18.9 Å². The summed E-state index contributed by atoms with van der Waals surface area (Å²) in [7, 11) is 0. The van der Waals surface area contributed by atoms with E-state index in [0.717, 1.165) is 23.0 Å². The van der Waals surface area contributed by atoms with Crippen LogP contribution in [0.2, 0.25) is 0 Å². The van der Waals surface area contributed by atoms with Gasteiger partial charge >= 0.3 is 0 Å². The third kappa shape index (κ3) is 8.23. The second-order valence-electron chi connectivity index (χ2n) is 5.86. The molecule has 4 heterocycles. The first-order valence-electron chi connectivity index (χ1n) is 8.84. The van der Waals surface area contributed by atoms with E-state index in [1.807, 2.05) is 23.5 Å². The standard InChI is InChI=1S/C16H28O4S5/c1-3-22-5-7-24-11-15-17-9-14-13(19-15)10-18-16(20-14)12-25-8-6-23-4-2-21-1/h13-16H,1-12H2/t13-,14-,15+,16+/m1/s1. The first-order chi connectivity index (χ1) is 12.4. The van der Waals surface area contributed by atoms with Gasteiger partial charge in [-0.1, -0.05) is 0 Å². The van der Waals surface area contributed by atoms with Crippen molar-refractivity contribution in [3.05, 3.63) is 0 Å². The second kappa shape index (κ2) is 12.9. The number of ether oxygens (including phenoxy) is 4. The molecule has 4 atom stereocenters. The van der Waals surface area contributed by atoms with Crippen LogP contribution in [0.3, 0.4) is 0 Å². The van der Waals surface area contributed by atoms with Crippen LogP contribution < -0.4 is 0 Å². The summed E-state index contributed by atoms with van der Waals surface area (Å²) in [6.45, 7) is 1.25. The Kier molecular flexibility index (Phi) is 11.0. The first kappa shape index (κ1) is 21.3. The minimum Gasteiger partial charge on any atom is -0.349 e. The molecule has 9 heteroatoms. The predicted molar refractivity (Wildman–Crippen MR) is 116 cm³/mol. The predicted octanol–water partition coefficient (Wildman–Crippen LogP) is 3.15. The minimum atomic E-state index is -0.115. The van der Waals surface area contributed by atoms with Crippen molar-refractivity contribution in [3.8, 4) is 0 Å². The summed E-state index contributed by atoms with van der Waals surface area (Å²) in [4.78, 5) is 0. The third-order valence-electron chi connectivity index (χ3n) is 3.96. The van der Waals surface area contributed by atoms with Gasteiger partial charge in [0.2, 0.25) is 0 Å². The summed E-state index contributed by atoms with van der Waals surface area (Å²) in [6.07, 6.45) is -0.180. The molecule has 25 heavy (non-hydrogen) atoms. The van der Waals surface area contributed by atoms with Gasteiger partial charge in [-0.3, -0.25) is 0 Å². The Hall–Kier alpha value is 1.59. The molecule has 0 unspecified atom stereocenters. The van der Waals surface area contributed by atoms with E-state index in [9.17, 15) is 0 Å². The fourth-order valence-corrected chi connectivity index (χ4v) is 8.10. The van der Waals surface area contributed by atoms with E-state index in [4.69, 9.17) is 18.9 Å². The van der Waals surface area contributed by atoms with E-state index >= 15 is 0 Å². The summed E-state index contributed by atoms with van der Waals surface area (Å²) in [5.74, 6) is 11.6. The summed E-state index contributed by atoms with van der Waals surface area (Å²) in [5, 5.41) is 0. The minimum absolute atomic E-state index is 0.0247. The van der Waals surface area contributed by atoms with Crippen LogP contribution in [0.1, 0.15) is 0 Å². The summed E-state index contributed by atoms with van der Waals surface area (Å²) < 4.78 is 23.7. The number of hydrogen-bond acceptors (Lipinski definition) is 9. The molecular weight excluding hydrogens is 417 g/mol. The summed E-state index contributed by atoms with van der Waals surface area (Å²) >= 11 is 10.1. The molecule has 146 valence electrons. The molecule has 0 radical (unpaired) electrons. The Balaban J connectivity index is 1.42. The average molecular weight is 445 g/mol. The van der Waals surface area contributed by atoms with E-state index in [2.05, 4.69) is 35.3 Å². The maximum absolute atomic E-state index is 6.02. The normalized spacial score (nSPS) is 37.4. The molecule has 4 nitrogen and oxygen atoms in total. The van der Waals surface area contributed by atoms with Gasteiger partial charge in [-0.15, -0.1) is 0 Å². The zero-order chi connectivity index (χ0) is 17.2. The largest absolute Gasteiger partial charge is 0.349 e. The fourth-order valence-electron chi connectivity index (χ4n) is 2.65. The molecule has 4 fully saturated rings. The number of thioether (sulfide) groups is 5. The Morgan fingerprint density at radius 2 is 0.840 bits per heavy atom. The highest BCUT2D eigenvalue weighted by molar-refractivity contribution is 8.05. The number of hydrogen-bond donors (Lipinski definition) is 0. The summed E-state index contributed by atoms with van der Waals surface area (Å²) in [5.41, 5.74) is 0. The van der Waals surface area contributed by atoms with Crippen LogP contribution in [0, 0.1) is 0 Å². The van der Waals surface area contributed by atoms with Crippen LogP contribution in [0.15, 0.2) is 0 Å². The van der Waals surface area contributed by atoms with Crippen molar-refractivity contribution in [2.75, 3.05) is 70.7 Å². The van der Waals surface area contributed by atoms with Gasteiger partial charge in [-0.05, 0) is 0 Å². The molecule has 0 aromatic carbocycles. The van der Waals surface area contributed by atoms with E-state index < -0.39 is 0 Å². The van der Waals surface area contributed by atoms with Crippen molar-refractivity contribution in [1.29, 1.82) is 0 Å². The quantitative estimate of drug-likeness (QED) is 0.560. The van der Waals surface area contributed by atoms with Gasteiger partial charge in [0.1, 0.15) is 12.2 Å². The lowest BCUT2D eigenvalue weighted by Crippen LogP contribution is -2.54. The van der Waals surface area contributed by atoms with Crippen LogP contribution in [0.25, 0.3) is 0 Å². The van der Waals surface area contributed by atoms with Crippen molar-refractivity contribution < 1.29 is 18.9 Å². The molecule has 4 bridgehead atoms. The molecule has 0 saturated carbocycles. The highest BCUT2D eigenvalue weighted by Gasteiger charge is 2.38. The van der Waals surface area contributed by atoms with Gasteiger partial charge in [-0.2, -0.15) is 58.8 Å². The molecule has 4 saturated heterocycles. The van der Waals surface area contributed by atoms with Gasteiger partial charge in [0.25, 0.3) is 0 Å². The number of fused-ring (bicyclic) bond motifs is 16. The highest BCUT2D eigenvalue weighted by Crippen LogP contribution is 2.26. The monoisotopic (exact) mass is 444 g/mol. The topological polar surface area (TPSA) is 36.9 Å². The van der Waals surface area contributed by atoms with Crippen LogP contribution in [0.5, 0.6) is 0 Å². The van der Waals surface area contributed by atoms with Crippen molar-refractivity contribution in [2.24, 2.45) is 0 Å². The van der Waals surface area contributed by atoms with Gasteiger partial charge in [0.05, 0.1) is 13.2 Å². The van der Waals surface area contributed by atoms with Crippen molar-refractivity contribution in [2.45, 2.75) is 24.8 Å². The van der Waals surface area contributed by atoms with E-state index in [1.54, 1.807) is 0 Å². The molecule has 0 spiro atoms. The third-order valence-corrected chi connectivity index (χ3v) is 9.95. The van der Waals surface area contributed by atoms with Crippen LogP contribution in [-0.4, -0.2) is 95.5 Å². The Labute approximate surface area is 172 Å².